The van der Waals surface area contributed by atoms with Gasteiger partial charge in [-0.1, -0.05) is 12.1 Å². The summed E-state index contributed by atoms with van der Waals surface area (Å²) in [5.41, 5.74) is 0.771. The Bertz CT molecular complexity index is 497. The van der Waals surface area contributed by atoms with Crippen LogP contribution in [-0.2, 0) is 26.9 Å². The van der Waals surface area contributed by atoms with Crippen molar-refractivity contribution in [3.8, 4) is 0 Å². The van der Waals surface area contributed by atoms with Crippen LogP contribution >= 0.6 is 0 Å². The number of benzene rings is 1. The number of rotatable bonds is 6. The monoisotopic (exact) mass is 315 g/mol. The maximum absolute atomic E-state index is 12.9. The molecule has 0 heterocycles. The molecule has 6 heteroatoms. The van der Waals surface area contributed by atoms with Crippen LogP contribution in [0.1, 0.15) is 33.3 Å². The van der Waals surface area contributed by atoms with Crippen LogP contribution in [0.5, 0.6) is 0 Å². The molecule has 0 bridgehead atoms. The van der Waals surface area contributed by atoms with Gasteiger partial charge in [-0.3, -0.25) is 4.79 Å². The number of hydrogen-bond acceptors (Lipinski definition) is 3. The van der Waals surface area contributed by atoms with Gasteiger partial charge in [-0.05, 0) is 51.8 Å². The second-order valence-corrected chi connectivity index (χ2v) is 7.63. The fraction of sp³-hybridized carbons (Fsp3) is 0.533. The van der Waals surface area contributed by atoms with Gasteiger partial charge < -0.3 is 4.74 Å². The lowest BCUT2D eigenvalue weighted by molar-refractivity contribution is -0.145. The fourth-order valence-corrected chi connectivity index (χ4v) is 2.37. The molecule has 0 aromatic heterocycles. The number of nitrogens with one attached hydrogen (secondary N) is 1. The largest absolute Gasteiger partial charge is 0.465 e. The number of hydrogen-bond donors (Lipinski definition) is 1. The number of carbonyl (C=O) groups is 1. The molecule has 0 aliphatic heterocycles. The van der Waals surface area contributed by atoms with E-state index in [9.17, 15) is 13.4 Å². The first kappa shape index (κ1) is 17.8. The van der Waals surface area contributed by atoms with Gasteiger partial charge >= 0.3 is 5.97 Å². The van der Waals surface area contributed by atoms with E-state index >= 15 is 0 Å². The second kappa shape index (κ2) is 7.66. The molecule has 0 amide bonds. The fourth-order valence-electron chi connectivity index (χ4n) is 1.58. The molecular formula is C15H22FNO3S. The highest BCUT2D eigenvalue weighted by molar-refractivity contribution is 7.84. The van der Waals surface area contributed by atoms with Crippen LogP contribution < -0.4 is 4.72 Å². The summed E-state index contributed by atoms with van der Waals surface area (Å²) in [6.07, 6.45) is 0.293. The van der Waals surface area contributed by atoms with Gasteiger partial charge in [0.1, 0.15) is 11.9 Å². The maximum Gasteiger partial charge on any atom is 0.324 e. The Balaban J connectivity index is 2.84. The van der Waals surface area contributed by atoms with Crippen molar-refractivity contribution in [2.75, 3.05) is 6.61 Å². The number of halogens is 1. The average Bonchev–Trinajstić information content (AvgIpc) is 2.39. The predicted molar refractivity (Wildman–Crippen MR) is 81.6 cm³/mol. The zero-order valence-corrected chi connectivity index (χ0v) is 13.6. The second-order valence-electron chi connectivity index (χ2n) is 5.63. The van der Waals surface area contributed by atoms with Crippen LogP contribution in [0.2, 0.25) is 0 Å². The van der Waals surface area contributed by atoms with E-state index in [2.05, 4.69) is 4.72 Å². The zero-order chi connectivity index (χ0) is 16.0. The summed E-state index contributed by atoms with van der Waals surface area (Å²) < 4.78 is 32.4. The molecule has 21 heavy (non-hydrogen) atoms. The van der Waals surface area contributed by atoms with E-state index in [1.807, 2.05) is 20.8 Å². The van der Waals surface area contributed by atoms with Crippen LogP contribution in [0.15, 0.2) is 24.3 Å². The Morgan fingerprint density at radius 1 is 1.33 bits per heavy atom. The van der Waals surface area contributed by atoms with Crippen molar-refractivity contribution in [1.82, 2.24) is 4.72 Å². The van der Waals surface area contributed by atoms with E-state index in [1.54, 1.807) is 19.1 Å². The zero-order valence-electron chi connectivity index (χ0n) is 12.8. The summed E-state index contributed by atoms with van der Waals surface area (Å²) in [7, 11) is -1.39. The molecular weight excluding hydrogens is 293 g/mol. The third kappa shape index (κ3) is 5.93. The standard InChI is InChI=1S/C15H22FNO3S/c1-5-20-14(18)13(17-21(19)15(2,3)4)10-11-6-8-12(16)9-7-11/h6-9,13,17H,5,10H2,1-4H3/t13?,21-/m0/s1. The summed E-state index contributed by atoms with van der Waals surface area (Å²) in [4.78, 5) is 12.0. The molecule has 0 saturated carbocycles. The molecule has 0 saturated heterocycles. The minimum atomic E-state index is -1.39. The third-order valence-electron chi connectivity index (χ3n) is 2.73. The topological polar surface area (TPSA) is 55.4 Å². The van der Waals surface area contributed by atoms with Crippen molar-refractivity contribution in [2.45, 2.75) is 44.9 Å². The van der Waals surface area contributed by atoms with Gasteiger partial charge in [0.25, 0.3) is 0 Å². The van der Waals surface area contributed by atoms with Gasteiger partial charge in [0.15, 0.2) is 0 Å². The Morgan fingerprint density at radius 2 is 1.90 bits per heavy atom. The summed E-state index contributed by atoms with van der Waals surface area (Å²) in [5.74, 6) is -0.794. The van der Waals surface area contributed by atoms with E-state index in [4.69, 9.17) is 4.74 Å². The Labute approximate surface area is 127 Å². The molecule has 0 radical (unpaired) electrons. The first-order valence-electron chi connectivity index (χ1n) is 6.83. The average molecular weight is 315 g/mol. The van der Waals surface area contributed by atoms with Gasteiger partial charge in [-0.2, -0.15) is 0 Å². The highest BCUT2D eigenvalue weighted by atomic mass is 32.2. The lowest BCUT2D eigenvalue weighted by Gasteiger charge is -2.23. The first-order valence-corrected chi connectivity index (χ1v) is 7.98. The van der Waals surface area contributed by atoms with E-state index in [-0.39, 0.29) is 12.4 Å². The lowest BCUT2D eigenvalue weighted by Crippen LogP contribution is -2.45. The molecule has 1 aromatic rings. The smallest absolute Gasteiger partial charge is 0.324 e. The highest BCUT2D eigenvalue weighted by Crippen LogP contribution is 2.12. The molecule has 118 valence electrons. The summed E-state index contributed by atoms with van der Waals surface area (Å²) >= 11 is 0. The van der Waals surface area contributed by atoms with Gasteiger partial charge in [0, 0.05) is 0 Å². The Hall–Kier alpha value is -1.27. The molecule has 1 rings (SSSR count). The molecule has 2 atom stereocenters. The first-order chi connectivity index (χ1) is 9.74. The van der Waals surface area contributed by atoms with Crippen LogP contribution in [0.3, 0.4) is 0 Å². The van der Waals surface area contributed by atoms with E-state index in [0.29, 0.717) is 6.42 Å². The van der Waals surface area contributed by atoms with Gasteiger partial charge in [0.2, 0.25) is 0 Å². The van der Waals surface area contributed by atoms with Gasteiger partial charge in [-0.15, -0.1) is 0 Å². The van der Waals surface area contributed by atoms with E-state index < -0.39 is 27.7 Å². The van der Waals surface area contributed by atoms with Gasteiger partial charge in [-0.25, -0.2) is 13.3 Å². The molecule has 0 fully saturated rings. The van der Waals surface area contributed by atoms with Crippen LogP contribution in [0, 0.1) is 5.82 Å². The number of carbonyl (C=O) groups excluding carboxylic acids is 1. The highest BCUT2D eigenvalue weighted by Gasteiger charge is 2.27. The summed E-state index contributed by atoms with van der Waals surface area (Å²) in [6, 6.07) is 5.14. The van der Waals surface area contributed by atoms with Crippen molar-refractivity contribution in [3.63, 3.8) is 0 Å². The van der Waals surface area contributed by atoms with Crippen molar-refractivity contribution in [1.29, 1.82) is 0 Å². The van der Waals surface area contributed by atoms with E-state index in [1.165, 1.54) is 12.1 Å². The minimum absolute atomic E-state index is 0.253. The molecule has 1 aromatic carbocycles. The third-order valence-corrected chi connectivity index (χ3v) is 4.34. The summed E-state index contributed by atoms with van der Waals surface area (Å²) in [6.45, 7) is 7.42. The molecule has 0 aliphatic carbocycles. The van der Waals surface area contributed by atoms with Gasteiger partial charge in [0.05, 0.1) is 22.3 Å². The molecule has 1 unspecified atom stereocenters. The Kier molecular flexibility index (Phi) is 6.48. The van der Waals surface area contributed by atoms with Crippen molar-refractivity contribution >= 4 is 17.0 Å². The molecule has 0 spiro atoms. The van der Waals surface area contributed by atoms with Crippen molar-refractivity contribution in [2.24, 2.45) is 0 Å². The Morgan fingerprint density at radius 3 is 2.38 bits per heavy atom. The van der Waals surface area contributed by atoms with Crippen molar-refractivity contribution in [3.05, 3.63) is 35.6 Å². The van der Waals surface area contributed by atoms with Crippen LogP contribution in [0.4, 0.5) is 4.39 Å². The normalized spacial score (nSPS) is 14.5. The molecule has 4 nitrogen and oxygen atoms in total. The molecule has 0 aliphatic rings. The van der Waals surface area contributed by atoms with Crippen molar-refractivity contribution < 1.29 is 18.1 Å². The summed E-state index contributed by atoms with van der Waals surface area (Å²) in [5, 5.41) is 0. The van der Waals surface area contributed by atoms with Crippen LogP contribution in [0.25, 0.3) is 0 Å². The SMILES string of the molecule is CCOC(=O)C(Cc1ccc(F)cc1)N[S@@](=O)C(C)(C)C. The predicted octanol–water partition coefficient (Wildman–Crippen LogP) is 2.35. The number of esters is 1. The quantitative estimate of drug-likeness (QED) is 0.820. The van der Waals surface area contributed by atoms with Crippen LogP contribution in [-0.4, -0.2) is 27.6 Å². The minimum Gasteiger partial charge on any atom is -0.465 e. The molecule has 1 N–H and O–H groups in total. The maximum atomic E-state index is 12.9. The van der Waals surface area contributed by atoms with E-state index in [0.717, 1.165) is 5.56 Å². The number of ether oxygens (including phenoxy) is 1. The lowest BCUT2D eigenvalue weighted by atomic mass is 10.1.